The molecule has 0 bridgehead atoms. The molecule has 0 amide bonds. The number of nitrogen functional groups attached to an aromatic ring is 2. The summed E-state index contributed by atoms with van der Waals surface area (Å²) < 4.78 is 12.4. The molecule has 4 aromatic rings. The Labute approximate surface area is 211 Å². The third-order valence-corrected chi connectivity index (χ3v) is 7.32. The lowest BCUT2D eigenvalue weighted by Crippen LogP contribution is -2.41. The first kappa shape index (κ1) is 23.8. The highest BCUT2D eigenvalue weighted by Crippen LogP contribution is 2.39. The number of benzene rings is 3. The van der Waals surface area contributed by atoms with Gasteiger partial charge in [0, 0.05) is 27.6 Å². The fourth-order valence-corrected chi connectivity index (χ4v) is 4.48. The zero-order valence-electron chi connectivity index (χ0n) is 20.9. The van der Waals surface area contributed by atoms with Crippen LogP contribution in [0.5, 0.6) is 0 Å². The van der Waals surface area contributed by atoms with Gasteiger partial charge in [-0.1, -0.05) is 60.7 Å². The van der Waals surface area contributed by atoms with Crippen molar-refractivity contribution >= 4 is 35.2 Å². The summed E-state index contributed by atoms with van der Waals surface area (Å²) in [7, 11) is -0.427. The maximum atomic E-state index is 7.83. The third-order valence-electron chi connectivity index (χ3n) is 7.32. The van der Waals surface area contributed by atoms with Gasteiger partial charge in [0.25, 0.3) is 0 Å². The molecule has 1 fully saturated rings. The standard InChI is InChI=1S/C28H30BN5O2/c1-27(2)28(3,4)36-29(35-27)20-12-9-16(10-13-20)23-21-14-11-19(26(32)33)15-22(21)34-24(23)17-5-7-18(8-6-17)25(30)31/h5-15,34H,1-4H3,(H3,30,31)(H3,32,33). The van der Waals surface area contributed by atoms with Crippen LogP contribution in [0.2, 0.25) is 0 Å². The lowest BCUT2D eigenvalue weighted by atomic mass is 9.78. The molecule has 0 radical (unpaired) electrons. The molecule has 0 saturated carbocycles. The van der Waals surface area contributed by atoms with Gasteiger partial charge >= 0.3 is 7.12 Å². The molecule has 0 spiro atoms. The zero-order chi connectivity index (χ0) is 25.8. The van der Waals surface area contributed by atoms with Crippen molar-refractivity contribution in [1.82, 2.24) is 4.98 Å². The Kier molecular flexibility index (Phi) is 5.54. The third kappa shape index (κ3) is 3.98. The van der Waals surface area contributed by atoms with Crippen molar-refractivity contribution in [3.63, 3.8) is 0 Å². The number of aromatic nitrogens is 1. The number of rotatable bonds is 5. The molecule has 3 aromatic carbocycles. The molecule has 2 heterocycles. The van der Waals surface area contributed by atoms with Gasteiger partial charge in [0.2, 0.25) is 0 Å². The average Bonchev–Trinajstić information content (AvgIpc) is 3.32. The number of H-pyrrole nitrogens is 1. The van der Waals surface area contributed by atoms with E-state index in [1.807, 2.05) is 82.3 Å². The van der Waals surface area contributed by atoms with Gasteiger partial charge in [0.05, 0.1) is 16.9 Å². The van der Waals surface area contributed by atoms with Crippen LogP contribution in [0.1, 0.15) is 38.8 Å². The molecule has 0 atom stereocenters. The van der Waals surface area contributed by atoms with E-state index in [4.69, 9.17) is 31.6 Å². The second-order valence-corrected chi connectivity index (χ2v) is 10.3. The molecule has 1 saturated heterocycles. The van der Waals surface area contributed by atoms with Crippen molar-refractivity contribution in [1.29, 1.82) is 10.8 Å². The first-order valence-electron chi connectivity index (χ1n) is 11.9. The summed E-state index contributed by atoms with van der Waals surface area (Å²) in [6, 6.07) is 21.6. The van der Waals surface area contributed by atoms with Crippen molar-refractivity contribution in [3.8, 4) is 22.4 Å². The van der Waals surface area contributed by atoms with Crippen molar-refractivity contribution in [3.05, 3.63) is 77.9 Å². The molecule has 36 heavy (non-hydrogen) atoms. The van der Waals surface area contributed by atoms with E-state index in [-0.39, 0.29) is 11.7 Å². The minimum absolute atomic E-state index is 0.0205. The monoisotopic (exact) mass is 479 g/mol. The molecule has 1 aliphatic heterocycles. The van der Waals surface area contributed by atoms with E-state index < -0.39 is 18.3 Å². The van der Waals surface area contributed by atoms with E-state index in [2.05, 4.69) is 17.1 Å². The van der Waals surface area contributed by atoms with E-state index in [0.717, 1.165) is 38.8 Å². The van der Waals surface area contributed by atoms with Gasteiger partial charge in [-0.3, -0.25) is 10.8 Å². The molecule has 7 nitrogen and oxygen atoms in total. The molecule has 1 aliphatic rings. The Hall–Kier alpha value is -3.88. The van der Waals surface area contributed by atoms with Gasteiger partial charge in [-0.25, -0.2) is 0 Å². The Balaban J connectivity index is 1.60. The Bertz CT molecular complexity index is 1470. The smallest absolute Gasteiger partial charge is 0.399 e. The van der Waals surface area contributed by atoms with Crippen molar-refractivity contribution in [2.75, 3.05) is 0 Å². The Morgan fingerprint density at radius 1 is 0.750 bits per heavy atom. The fraction of sp³-hybridized carbons (Fsp3) is 0.214. The SMILES string of the molecule is CC1(C)OB(c2ccc(-c3c(-c4ccc(C(=N)N)cc4)[nH]c4cc(C(=N)N)ccc34)cc2)OC1(C)C. The van der Waals surface area contributed by atoms with Gasteiger partial charge in [-0.05, 0) is 50.4 Å². The van der Waals surface area contributed by atoms with Crippen LogP contribution in [0, 0.1) is 10.8 Å². The van der Waals surface area contributed by atoms with Gasteiger partial charge in [0.15, 0.2) is 0 Å². The van der Waals surface area contributed by atoms with Crippen LogP contribution in [-0.4, -0.2) is 35.0 Å². The van der Waals surface area contributed by atoms with Crippen molar-refractivity contribution in [2.45, 2.75) is 38.9 Å². The van der Waals surface area contributed by atoms with E-state index in [1.165, 1.54) is 0 Å². The second kappa shape index (κ2) is 8.36. The lowest BCUT2D eigenvalue weighted by Gasteiger charge is -2.32. The van der Waals surface area contributed by atoms with E-state index in [0.29, 0.717) is 11.1 Å². The number of nitrogens with two attached hydrogens (primary N) is 2. The Morgan fingerprint density at radius 2 is 1.28 bits per heavy atom. The molecule has 1 aromatic heterocycles. The quantitative estimate of drug-likeness (QED) is 0.165. The second-order valence-electron chi connectivity index (χ2n) is 10.3. The van der Waals surface area contributed by atoms with Gasteiger partial charge in [0.1, 0.15) is 11.7 Å². The topological polar surface area (TPSA) is 134 Å². The highest BCUT2D eigenvalue weighted by molar-refractivity contribution is 6.62. The molecule has 182 valence electrons. The number of aromatic amines is 1. The summed E-state index contributed by atoms with van der Waals surface area (Å²) in [5.41, 5.74) is 17.7. The van der Waals surface area contributed by atoms with E-state index >= 15 is 0 Å². The fourth-order valence-electron chi connectivity index (χ4n) is 4.48. The van der Waals surface area contributed by atoms with E-state index in [9.17, 15) is 0 Å². The van der Waals surface area contributed by atoms with Crippen LogP contribution in [0.15, 0.2) is 66.7 Å². The first-order chi connectivity index (χ1) is 17.0. The number of hydrogen-bond donors (Lipinski definition) is 5. The molecule has 7 N–H and O–H groups in total. The maximum Gasteiger partial charge on any atom is 0.494 e. The summed E-state index contributed by atoms with van der Waals surface area (Å²) in [5.74, 6) is 0.0509. The molecule has 0 unspecified atom stereocenters. The summed E-state index contributed by atoms with van der Waals surface area (Å²) >= 11 is 0. The minimum Gasteiger partial charge on any atom is -0.399 e. The molecule has 0 aliphatic carbocycles. The number of hydrogen-bond acceptors (Lipinski definition) is 4. The molecule has 8 heteroatoms. The number of fused-ring (bicyclic) bond motifs is 1. The predicted octanol–water partition coefficient (Wildman–Crippen LogP) is 4.37. The number of nitrogens with one attached hydrogen (secondary N) is 3. The van der Waals surface area contributed by atoms with Gasteiger partial charge < -0.3 is 25.8 Å². The Morgan fingerprint density at radius 3 is 1.83 bits per heavy atom. The van der Waals surface area contributed by atoms with Crippen molar-refractivity contribution < 1.29 is 9.31 Å². The summed E-state index contributed by atoms with van der Waals surface area (Å²) in [6.07, 6.45) is 0. The van der Waals surface area contributed by atoms with Crippen LogP contribution < -0.4 is 16.9 Å². The van der Waals surface area contributed by atoms with Crippen LogP contribution in [-0.2, 0) is 9.31 Å². The predicted molar refractivity (Wildman–Crippen MR) is 147 cm³/mol. The summed E-state index contributed by atoms with van der Waals surface area (Å²) in [4.78, 5) is 3.53. The lowest BCUT2D eigenvalue weighted by molar-refractivity contribution is 0.00578. The van der Waals surface area contributed by atoms with Crippen LogP contribution in [0.4, 0.5) is 0 Å². The molecular formula is C28H30BN5O2. The highest BCUT2D eigenvalue weighted by atomic mass is 16.7. The highest BCUT2D eigenvalue weighted by Gasteiger charge is 2.51. The zero-order valence-corrected chi connectivity index (χ0v) is 20.9. The maximum absolute atomic E-state index is 7.83. The average molecular weight is 479 g/mol. The molecular weight excluding hydrogens is 449 g/mol. The normalized spacial score (nSPS) is 16.4. The van der Waals surface area contributed by atoms with Gasteiger partial charge in [-0.2, -0.15) is 0 Å². The summed E-state index contributed by atoms with van der Waals surface area (Å²) in [6.45, 7) is 8.19. The number of amidine groups is 2. The van der Waals surface area contributed by atoms with Crippen molar-refractivity contribution in [2.24, 2.45) is 11.5 Å². The van der Waals surface area contributed by atoms with E-state index in [1.54, 1.807) is 0 Å². The largest absolute Gasteiger partial charge is 0.494 e. The first-order valence-corrected chi connectivity index (χ1v) is 11.9. The van der Waals surface area contributed by atoms with Gasteiger partial charge in [-0.15, -0.1) is 0 Å². The van der Waals surface area contributed by atoms with Crippen LogP contribution in [0.25, 0.3) is 33.3 Å². The minimum atomic E-state index is -0.427. The molecule has 5 rings (SSSR count). The summed E-state index contributed by atoms with van der Waals surface area (Å²) in [5, 5.41) is 16.6. The van der Waals surface area contributed by atoms with Crippen LogP contribution in [0.3, 0.4) is 0 Å². The van der Waals surface area contributed by atoms with Crippen LogP contribution >= 0.6 is 0 Å².